The largest absolute Gasteiger partial charge is 0.493 e. The molecule has 0 aliphatic carbocycles. The smallest absolute Gasteiger partial charge is 0.355 e. The highest BCUT2D eigenvalue weighted by Gasteiger charge is 2.27. The number of allylic oxidation sites excluding steroid dienone is 1. The molecule has 6 aromatic rings. The fourth-order valence-electron chi connectivity index (χ4n) is 7.35. The number of H-pyrrole nitrogens is 1. The van der Waals surface area contributed by atoms with Gasteiger partial charge in [-0.3, -0.25) is 5.10 Å². The summed E-state index contributed by atoms with van der Waals surface area (Å²) in [4.78, 5) is 16.1. The van der Waals surface area contributed by atoms with Crippen LogP contribution in [0.3, 0.4) is 0 Å². The molecule has 0 radical (unpaired) electrons. The average molecular weight is 757 g/mol. The molecule has 7 rings (SSSR count). The lowest BCUT2D eigenvalue weighted by Crippen LogP contribution is -2.36. The van der Waals surface area contributed by atoms with Crippen molar-refractivity contribution >= 4 is 33.3 Å². The molecule has 1 aliphatic heterocycles. The molecule has 0 saturated carbocycles. The number of anilines is 1. The van der Waals surface area contributed by atoms with Crippen molar-refractivity contribution in [3.05, 3.63) is 133 Å². The van der Waals surface area contributed by atoms with Crippen LogP contribution in [0.25, 0.3) is 32.8 Å². The first-order valence-electron chi connectivity index (χ1n) is 18.9. The van der Waals surface area contributed by atoms with E-state index in [4.69, 9.17) is 28.8 Å². The van der Waals surface area contributed by atoms with Crippen molar-refractivity contribution in [2.45, 2.75) is 47.0 Å². The molecule has 1 fully saturated rings. The van der Waals surface area contributed by atoms with Gasteiger partial charge in [0.05, 0.1) is 56.5 Å². The van der Waals surface area contributed by atoms with E-state index in [0.717, 1.165) is 93.2 Å². The van der Waals surface area contributed by atoms with Gasteiger partial charge in [-0.05, 0) is 61.0 Å². The van der Waals surface area contributed by atoms with Crippen LogP contribution in [-0.2, 0) is 40.4 Å². The highest BCUT2D eigenvalue weighted by Crippen LogP contribution is 2.39. The van der Waals surface area contributed by atoms with Gasteiger partial charge in [0.25, 0.3) is 0 Å². The van der Waals surface area contributed by atoms with Crippen LogP contribution < -0.4 is 14.4 Å². The molecule has 0 unspecified atom stereocenters. The molecule has 0 spiro atoms. The van der Waals surface area contributed by atoms with E-state index in [1.807, 2.05) is 54.0 Å². The van der Waals surface area contributed by atoms with Crippen LogP contribution in [0.2, 0.25) is 0 Å². The molecule has 0 atom stereocenters. The molecule has 56 heavy (non-hydrogen) atoms. The SMILES string of the molecule is C.C=CCOCc1n[nH]c(COc2ccc(N3CCOCC3)cc2)c1-c1cccc2c(CCCOc3cccc4ccccc34)c(C(=O)OCC)n(CC=C)c12. The summed E-state index contributed by atoms with van der Waals surface area (Å²) in [7, 11) is 0. The Labute approximate surface area is 329 Å². The molecule has 0 amide bonds. The van der Waals surface area contributed by atoms with Crippen LogP contribution >= 0.6 is 0 Å². The molecule has 1 N–H and O–H groups in total. The minimum Gasteiger partial charge on any atom is -0.493 e. The van der Waals surface area contributed by atoms with E-state index in [0.29, 0.717) is 38.3 Å². The Balaban J connectivity index is 0.00000532. The van der Waals surface area contributed by atoms with E-state index in [-0.39, 0.29) is 33.2 Å². The summed E-state index contributed by atoms with van der Waals surface area (Å²) in [6.45, 7) is 14.9. The van der Waals surface area contributed by atoms with Gasteiger partial charge in [-0.2, -0.15) is 5.10 Å². The molecule has 2 aromatic heterocycles. The Hall–Kier alpha value is -5.84. The summed E-state index contributed by atoms with van der Waals surface area (Å²) in [5, 5.41) is 11.1. The Morgan fingerprint density at radius 1 is 0.911 bits per heavy atom. The number of morpholine rings is 1. The monoisotopic (exact) mass is 756 g/mol. The fraction of sp³-hybridized carbons (Fsp3) is 0.304. The second-order valence-electron chi connectivity index (χ2n) is 13.3. The van der Waals surface area contributed by atoms with Crippen LogP contribution in [-0.4, -0.2) is 66.9 Å². The number of aryl methyl sites for hydroxylation is 1. The third-order valence-corrected chi connectivity index (χ3v) is 9.80. The molecule has 3 heterocycles. The number of esters is 1. The van der Waals surface area contributed by atoms with E-state index in [1.165, 1.54) is 0 Å². The number of fused-ring (bicyclic) bond motifs is 2. The second-order valence-corrected chi connectivity index (χ2v) is 13.3. The summed E-state index contributed by atoms with van der Waals surface area (Å²) in [5.41, 5.74) is 6.73. The minimum atomic E-state index is -0.373. The van der Waals surface area contributed by atoms with Crippen LogP contribution in [0.4, 0.5) is 5.69 Å². The van der Waals surface area contributed by atoms with Gasteiger partial charge in [0.2, 0.25) is 0 Å². The summed E-state index contributed by atoms with van der Waals surface area (Å²) in [6.07, 6.45) is 4.80. The van der Waals surface area contributed by atoms with Gasteiger partial charge in [0.1, 0.15) is 23.8 Å². The lowest BCUT2D eigenvalue weighted by atomic mass is 9.98. The zero-order chi connectivity index (χ0) is 38.0. The van der Waals surface area contributed by atoms with Crippen molar-refractivity contribution in [1.82, 2.24) is 14.8 Å². The molecule has 10 nitrogen and oxygen atoms in total. The standard InChI is InChI=1S/C45H48N4O6.CH4/c1-4-23-49-43-36(37(44(49)45(50)53-6-3)17-11-27-54-41-18-9-13-32-12-7-8-14-35(32)41)15-10-16-38(43)42-39(30-52-26-5-2)46-47-40(42)31-55-34-21-19-33(20-22-34)48-24-28-51-29-25-48;/h4-5,7-10,12-16,18-22H,1-2,6,11,17,23-31H2,3H3,(H,46,47);1H4. The maximum Gasteiger partial charge on any atom is 0.355 e. The molecule has 1 saturated heterocycles. The first-order valence-corrected chi connectivity index (χ1v) is 18.9. The van der Waals surface area contributed by atoms with Gasteiger partial charge < -0.3 is 33.2 Å². The number of aromatic amines is 1. The van der Waals surface area contributed by atoms with Gasteiger partial charge in [-0.15, -0.1) is 13.2 Å². The van der Waals surface area contributed by atoms with Crippen LogP contribution in [0, 0.1) is 0 Å². The quantitative estimate of drug-likeness (QED) is 0.0527. The van der Waals surface area contributed by atoms with E-state index >= 15 is 0 Å². The number of carbonyl (C=O) groups excluding carboxylic acids is 1. The second kappa shape index (κ2) is 19.2. The maximum absolute atomic E-state index is 13.8. The van der Waals surface area contributed by atoms with Crippen molar-refractivity contribution in [3.63, 3.8) is 0 Å². The highest BCUT2D eigenvalue weighted by atomic mass is 16.5. The lowest BCUT2D eigenvalue weighted by Gasteiger charge is -2.28. The van der Waals surface area contributed by atoms with Crippen molar-refractivity contribution < 1.29 is 28.5 Å². The average Bonchev–Trinajstić information content (AvgIpc) is 3.77. The summed E-state index contributed by atoms with van der Waals surface area (Å²) in [5.74, 6) is 1.21. The Bertz CT molecular complexity index is 2240. The van der Waals surface area contributed by atoms with Crippen LogP contribution in [0.5, 0.6) is 11.5 Å². The summed E-state index contributed by atoms with van der Waals surface area (Å²) in [6, 6.07) is 28.6. The number of carbonyl (C=O) groups is 1. The number of benzene rings is 4. The number of hydrogen-bond acceptors (Lipinski definition) is 8. The number of aromatic nitrogens is 3. The molecular weight excluding hydrogens is 705 g/mol. The number of para-hydroxylation sites is 1. The number of nitrogens with one attached hydrogen (secondary N) is 1. The van der Waals surface area contributed by atoms with E-state index < -0.39 is 0 Å². The van der Waals surface area contributed by atoms with Crippen LogP contribution in [0.1, 0.15) is 48.2 Å². The third kappa shape index (κ3) is 8.67. The maximum atomic E-state index is 13.8. The topological polar surface area (TPSA) is 100 Å². The predicted octanol–water partition coefficient (Wildman–Crippen LogP) is 9.31. The number of nitrogens with zero attached hydrogens (tertiary/aromatic N) is 3. The van der Waals surface area contributed by atoms with E-state index in [2.05, 4.69) is 65.6 Å². The first-order chi connectivity index (χ1) is 27.1. The van der Waals surface area contributed by atoms with Crippen molar-refractivity contribution in [2.75, 3.05) is 51.0 Å². The Morgan fingerprint density at radius 3 is 2.46 bits per heavy atom. The van der Waals surface area contributed by atoms with Gasteiger partial charge in [-0.25, -0.2) is 4.79 Å². The first kappa shape index (κ1) is 39.8. The third-order valence-electron chi connectivity index (χ3n) is 9.80. The highest BCUT2D eigenvalue weighted by molar-refractivity contribution is 6.05. The van der Waals surface area contributed by atoms with E-state index in [1.54, 1.807) is 12.2 Å². The molecule has 4 aromatic carbocycles. The molecule has 0 bridgehead atoms. The molecular formula is C46H52N4O6. The normalized spacial score (nSPS) is 12.7. The summed E-state index contributed by atoms with van der Waals surface area (Å²) < 4.78 is 31.8. The van der Waals surface area contributed by atoms with Gasteiger partial charge in [0, 0.05) is 47.2 Å². The van der Waals surface area contributed by atoms with Crippen molar-refractivity contribution in [1.29, 1.82) is 0 Å². The minimum absolute atomic E-state index is 0. The predicted molar refractivity (Wildman–Crippen MR) is 224 cm³/mol. The molecule has 292 valence electrons. The fourth-order valence-corrected chi connectivity index (χ4v) is 7.35. The van der Waals surface area contributed by atoms with Crippen LogP contribution in [0.15, 0.2) is 110 Å². The summed E-state index contributed by atoms with van der Waals surface area (Å²) >= 11 is 0. The Kier molecular flexibility index (Phi) is 13.6. The lowest BCUT2D eigenvalue weighted by molar-refractivity contribution is 0.0513. The van der Waals surface area contributed by atoms with Gasteiger partial charge >= 0.3 is 5.97 Å². The molecule has 10 heteroatoms. The molecule has 1 aliphatic rings. The zero-order valence-electron chi connectivity index (χ0n) is 31.4. The van der Waals surface area contributed by atoms with Gasteiger partial charge in [0.15, 0.2) is 0 Å². The van der Waals surface area contributed by atoms with Crippen molar-refractivity contribution in [3.8, 4) is 22.6 Å². The number of ether oxygens (including phenoxy) is 5. The van der Waals surface area contributed by atoms with Gasteiger partial charge in [-0.1, -0.05) is 74.2 Å². The Morgan fingerprint density at radius 2 is 1.68 bits per heavy atom. The number of hydrogen-bond donors (Lipinski definition) is 1. The zero-order valence-corrected chi connectivity index (χ0v) is 31.4. The van der Waals surface area contributed by atoms with E-state index in [9.17, 15) is 4.79 Å². The number of rotatable bonds is 18. The van der Waals surface area contributed by atoms with Crippen molar-refractivity contribution in [2.24, 2.45) is 0 Å².